The second kappa shape index (κ2) is 9.11. The first-order valence-electron chi connectivity index (χ1n) is 7.49. The Morgan fingerprint density at radius 1 is 1.11 bits per heavy atom. The molecule has 1 aromatic rings. The van der Waals surface area contributed by atoms with Gasteiger partial charge in [-0.05, 0) is 42.9 Å². The predicted molar refractivity (Wildman–Crippen MR) is 82.6 cm³/mol. The van der Waals surface area contributed by atoms with Crippen molar-refractivity contribution in [3.8, 4) is 0 Å². The molecule has 1 rings (SSSR count). The van der Waals surface area contributed by atoms with Crippen LogP contribution in [0, 0.1) is 5.92 Å². The van der Waals surface area contributed by atoms with Gasteiger partial charge in [0.1, 0.15) is 0 Å². The zero-order valence-corrected chi connectivity index (χ0v) is 12.9. The Hall–Kier alpha value is -0.860. The van der Waals surface area contributed by atoms with Crippen molar-refractivity contribution in [2.75, 3.05) is 20.3 Å². The average molecular weight is 263 g/mol. The molecule has 2 heteroatoms. The first-order valence-corrected chi connectivity index (χ1v) is 7.49. The lowest BCUT2D eigenvalue weighted by molar-refractivity contribution is 0.149. The van der Waals surface area contributed by atoms with Gasteiger partial charge in [-0.2, -0.15) is 0 Å². The molecule has 0 aromatic heterocycles. The van der Waals surface area contributed by atoms with Gasteiger partial charge in [-0.3, -0.25) is 0 Å². The first-order chi connectivity index (χ1) is 9.19. The first kappa shape index (κ1) is 16.2. The van der Waals surface area contributed by atoms with Crippen LogP contribution in [0.2, 0.25) is 0 Å². The van der Waals surface area contributed by atoms with Crippen LogP contribution in [0.1, 0.15) is 38.3 Å². The number of hydrogen-bond acceptors (Lipinski definition) is 2. The van der Waals surface area contributed by atoms with Crippen LogP contribution < -0.4 is 5.32 Å². The molecule has 0 saturated heterocycles. The van der Waals surface area contributed by atoms with Crippen LogP contribution in [-0.4, -0.2) is 26.3 Å². The summed E-state index contributed by atoms with van der Waals surface area (Å²) < 4.78 is 5.24. The van der Waals surface area contributed by atoms with Crippen LogP contribution in [-0.2, 0) is 17.6 Å². The number of benzene rings is 1. The molecule has 2 unspecified atom stereocenters. The molecule has 1 N–H and O–H groups in total. The summed E-state index contributed by atoms with van der Waals surface area (Å²) >= 11 is 0. The maximum Gasteiger partial charge on any atom is 0.0488 e. The van der Waals surface area contributed by atoms with Crippen molar-refractivity contribution in [2.45, 2.75) is 46.1 Å². The zero-order valence-electron chi connectivity index (χ0n) is 12.9. The van der Waals surface area contributed by atoms with Gasteiger partial charge in [0.2, 0.25) is 0 Å². The monoisotopic (exact) mass is 263 g/mol. The van der Waals surface area contributed by atoms with Crippen LogP contribution in [0.5, 0.6) is 0 Å². The van der Waals surface area contributed by atoms with Crippen LogP contribution in [0.4, 0.5) is 0 Å². The van der Waals surface area contributed by atoms with E-state index in [4.69, 9.17) is 4.74 Å². The highest BCUT2D eigenvalue weighted by atomic mass is 16.5. The van der Waals surface area contributed by atoms with Crippen molar-refractivity contribution in [3.05, 3.63) is 35.4 Å². The highest BCUT2D eigenvalue weighted by Gasteiger charge is 2.13. The molecule has 19 heavy (non-hydrogen) atoms. The average Bonchev–Trinajstić information content (AvgIpc) is 2.40. The largest absolute Gasteiger partial charge is 0.384 e. The van der Waals surface area contributed by atoms with E-state index in [0.29, 0.717) is 12.0 Å². The van der Waals surface area contributed by atoms with Crippen LogP contribution in [0.25, 0.3) is 0 Å². The summed E-state index contributed by atoms with van der Waals surface area (Å²) in [5.74, 6) is 0.601. The number of likely N-dealkylation sites (N-methyl/N-ethyl adjacent to an activating group) is 1. The van der Waals surface area contributed by atoms with Gasteiger partial charge in [-0.25, -0.2) is 0 Å². The van der Waals surface area contributed by atoms with E-state index in [-0.39, 0.29) is 0 Å². The summed E-state index contributed by atoms with van der Waals surface area (Å²) in [4.78, 5) is 0. The molecule has 0 heterocycles. The summed E-state index contributed by atoms with van der Waals surface area (Å²) in [5.41, 5.74) is 2.84. The maximum absolute atomic E-state index is 5.24. The number of rotatable bonds is 9. The van der Waals surface area contributed by atoms with Crippen LogP contribution in [0.15, 0.2) is 24.3 Å². The van der Waals surface area contributed by atoms with Gasteiger partial charge in [0.15, 0.2) is 0 Å². The highest BCUT2D eigenvalue weighted by Crippen LogP contribution is 2.13. The normalized spacial score (nSPS) is 14.3. The quantitative estimate of drug-likeness (QED) is 0.737. The third kappa shape index (κ3) is 6.22. The molecule has 0 spiro atoms. The van der Waals surface area contributed by atoms with E-state index >= 15 is 0 Å². The number of aryl methyl sites for hydroxylation is 1. The van der Waals surface area contributed by atoms with Crippen LogP contribution >= 0.6 is 0 Å². The van der Waals surface area contributed by atoms with Gasteiger partial charge in [0.05, 0.1) is 0 Å². The summed E-state index contributed by atoms with van der Waals surface area (Å²) in [6.07, 6.45) is 3.38. The van der Waals surface area contributed by atoms with Crippen molar-refractivity contribution in [1.29, 1.82) is 0 Å². The third-order valence-corrected chi connectivity index (χ3v) is 3.54. The van der Waals surface area contributed by atoms with E-state index in [1.165, 1.54) is 11.1 Å². The molecule has 0 amide bonds. The van der Waals surface area contributed by atoms with Gasteiger partial charge in [0.25, 0.3) is 0 Å². The lowest BCUT2D eigenvalue weighted by Crippen LogP contribution is -2.33. The van der Waals surface area contributed by atoms with Crippen molar-refractivity contribution < 1.29 is 4.74 Å². The molecule has 0 aliphatic carbocycles. The van der Waals surface area contributed by atoms with Crippen LogP contribution in [0.3, 0.4) is 0 Å². The van der Waals surface area contributed by atoms with Gasteiger partial charge in [0, 0.05) is 19.8 Å². The van der Waals surface area contributed by atoms with E-state index in [1.807, 2.05) is 0 Å². The Kier molecular flexibility index (Phi) is 7.76. The summed E-state index contributed by atoms with van der Waals surface area (Å²) in [6.45, 7) is 8.50. The Morgan fingerprint density at radius 2 is 1.74 bits per heavy atom. The molecule has 0 radical (unpaired) electrons. The minimum atomic E-state index is 0.544. The number of methoxy groups -OCH3 is 1. The SMILES string of the molecule is CCNC(Cc1ccc(CC)cc1)CC(C)COC. The Labute approximate surface area is 118 Å². The van der Waals surface area contributed by atoms with E-state index in [2.05, 4.69) is 50.4 Å². The molecular weight excluding hydrogens is 234 g/mol. The molecule has 0 aliphatic heterocycles. The molecule has 0 saturated carbocycles. The topological polar surface area (TPSA) is 21.3 Å². The smallest absolute Gasteiger partial charge is 0.0488 e. The van der Waals surface area contributed by atoms with Gasteiger partial charge in [-0.15, -0.1) is 0 Å². The fraction of sp³-hybridized carbons (Fsp3) is 0.647. The second-order valence-corrected chi connectivity index (χ2v) is 5.42. The Morgan fingerprint density at radius 3 is 2.26 bits per heavy atom. The summed E-state index contributed by atoms with van der Waals surface area (Å²) in [7, 11) is 1.78. The fourth-order valence-electron chi connectivity index (χ4n) is 2.56. The van der Waals surface area contributed by atoms with E-state index in [9.17, 15) is 0 Å². The predicted octanol–water partition coefficient (Wildman–Crippen LogP) is 3.44. The number of hydrogen-bond donors (Lipinski definition) is 1. The minimum absolute atomic E-state index is 0.544. The van der Waals surface area contributed by atoms with Gasteiger partial charge >= 0.3 is 0 Å². The molecule has 0 aliphatic rings. The highest BCUT2D eigenvalue weighted by molar-refractivity contribution is 5.23. The standard InChI is InChI=1S/C17H29NO/c1-5-15-7-9-16(10-8-15)12-17(18-6-2)11-14(3)13-19-4/h7-10,14,17-18H,5-6,11-13H2,1-4H3. The molecule has 2 atom stereocenters. The summed E-state index contributed by atoms with van der Waals surface area (Å²) in [6, 6.07) is 9.57. The summed E-state index contributed by atoms with van der Waals surface area (Å²) in [5, 5.41) is 3.59. The lowest BCUT2D eigenvalue weighted by Gasteiger charge is -2.21. The molecule has 0 fully saturated rings. The van der Waals surface area contributed by atoms with Crippen molar-refractivity contribution in [3.63, 3.8) is 0 Å². The van der Waals surface area contributed by atoms with Crippen molar-refractivity contribution in [1.82, 2.24) is 5.32 Å². The molecule has 1 aromatic carbocycles. The second-order valence-electron chi connectivity index (χ2n) is 5.42. The molecule has 108 valence electrons. The molecule has 0 bridgehead atoms. The Balaban J connectivity index is 2.55. The molecule has 2 nitrogen and oxygen atoms in total. The number of ether oxygens (including phenoxy) is 1. The van der Waals surface area contributed by atoms with Gasteiger partial charge < -0.3 is 10.1 Å². The van der Waals surface area contributed by atoms with Gasteiger partial charge in [-0.1, -0.05) is 45.0 Å². The van der Waals surface area contributed by atoms with Crippen molar-refractivity contribution >= 4 is 0 Å². The maximum atomic E-state index is 5.24. The fourth-order valence-corrected chi connectivity index (χ4v) is 2.56. The minimum Gasteiger partial charge on any atom is -0.384 e. The van der Waals surface area contributed by atoms with Crippen molar-refractivity contribution in [2.24, 2.45) is 5.92 Å². The zero-order chi connectivity index (χ0) is 14.1. The van der Waals surface area contributed by atoms with E-state index in [1.54, 1.807) is 7.11 Å². The van der Waals surface area contributed by atoms with E-state index < -0.39 is 0 Å². The Bertz CT molecular complexity index is 334. The third-order valence-electron chi connectivity index (χ3n) is 3.54. The van der Waals surface area contributed by atoms with E-state index in [0.717, 1.165) is 32.4 Å². The lowest BCUT2D eigenvalue weighted by atomic mass is 9.96. The number of nitrogens with one attached hydrogen (secondary N) is 1. The molecular formula is C17H29NO.